The van der Waals surface area contributed by atoms with E-state index in [-0.39, 0.29) is 12.4 Å². The number of rotatable bonds is 6. The Kier molecular flexibility index (Phi) is 6.92. The average Bonchev–Trinajstić information content (AvgIpc) is 3.13. The minimum atomic E-state index is 0. The quantitative estimate of drug-likeness (QED) is 0.482. The van der Waals surface area contributed by atoms with Crippen LogP contribution in [0, 0.1) is 0 Å². The molecule has 0 atom stereocenters. The van der Waals surface area contributed by atoms with E-state index in [0.29, 0.717) is 12.1 Å². The Morgan fingerprint density at radius 2 is 1.93 bits per heavy atom. The molecule has 0 radical (unpaired) electrons. The predicted molar refractivity (Wildman–Crippen MR) is 122 cm³/mol. The summed E-state index contributed by atoms with van der Waals surface area (Å²) in [4.78, 5) is 16.9. The Labute approximate surface area is 177 Å². The summed E-state index contributed by atoms with van der Waals surface area (Å²) in [6.07, 6.45) is 9.91. The van der Waals surface area contributed by atoms with Crippen LogP contribution in [0.5, 0.6) is 0 Å². The van der Waals surface area contributed by atoms with Crippen LogP contribution in [0.25, 0.3) is 22.3 Å². The first-order valence-electron chi connectivity index (χ1n) is 10.2. The molecule has 29 heavy (non-hydrogen) atoms. The number of pyridine rings is 1. The van der Waals surface area contributed by atoms with Gasteiger partial charge in [-0.25, -0.2) is 15.0 Å². The lowest BCUT2D eigenvalue weighted by molar-refractivity contribution is 0.411. The van der Waals surface area contributed by atoms with Crippen LogP contribution in [0.2, 0.25) is 0 Å². The number of hydrogen-bond donors (Lipinski definition) is 4. The monoisotopic (exact) mass is 415 g/mol. The van der Waals surface area contributed by atoms with E-state index in [9.17, 15) is 0 Å². The van der Waals surface area contributed by atoms with Gasteiger partial charge in [0, 0.05) is 48.0 Å². The summed E-state index contributed by atoms with van der Waals surface area (Å²) in [6, 6.07) is 4.94. The number of nitrogens with one attached hydrogen (secondary N) is 3. The molecule has 1 aliphatic carbocycles. The van der Waals surface area contributed by atoms with Gasteiger partial charge >= 0.3 is 0 Å². The van der Waals surface area contributed by atoms with E-state index in [1.165, 1.54) is 5.69 Å². The molecule has 3 heterocycles. The molecule has 5 N–H and O–H groups in total. The molecule has 0 saturated heterocycles. The minimum Gasteiger partial charge on any atom is -0.381 e. The second kappa shape index (κ2) is 9.41. The van der Waals surface area contributed by atoms with Crippen LogP contribution in [0.1, 0.15) is 44.7 Å². The van der Waals surface area contributed by atoms with E-state index >= 15 is 0 Å². The van der Waals surface area contributed by atoms with Crippen molar-refractivity contribution < 1.29 is 0 Å². The van der Waals surface area contributed by atoms with Crippen molar-refractivity contribution in [3.63, 3.8) is 0 Å². The zero-order valence-electron chi connectivity index (χ0n) is 17.0. The third kappa shape index (κ3) is 4.62. The molecule has 7 nitrogen and oxygen atoms in total. The molecule has 3 aromatic heterocycles. The molecule has 156 valence electrons. The van der Waals surface area contributed by atoms with E-state index in [4.69, 9.17) is 5.73 Å². The molecule has 1 fully saturated rings. The first kappa shape index (κ1) is 21.3. The zero-order chi connectivity index (χ0) is 19.5. The van der Waals surface area contributed by atoms with Gasteiger partial charge in [-0.15, -0.1) is 12.4 Å². The van der Waals surface area contributed by atoms with Crippen molar-refractivity contribution in [3.8, 4) is 11.3 Å². The predicted octanol–water partition coefficient (Wildman–Crippen LogP) is 4.12. The van der Waals surface area contributed by atoms with Gasteiger partial charge in [0.05, 0.1) is 11.4 Å². The van der Waals surface area contributed by atoms with E-state index in [1.54, 1.807) is 6.33 Å². The summed E-state index contributed by atoms with van der Waals surface area (Å²) in [6.45, 7) is 2.19. The topological polar surface area (TPSA) is 105 Å². The summed E-state index contributed by atoms with van der Waals surface area (Å²) in [5.41, 5.74) is 11.2. The molecule has 0 aliphatic heterocycles. The number of aromatic amines is 1. The molecule has 8 heteroatoms. The Balaban J connectivity index is 0.00000240. The summed E-state index contributed by atoms with van der Waals surface area (Å²) in [5, 5.41) is 8.02. The van der Waals surface area contributed by atoms with Crippen LogP contribution in [-0.4, -0.2) is 39.1 Å². The largest absolute Gasteiger partial charge is 0.381 e. The number of H-pyrrole nitrogens is 1. The Morgan fingerprint density at radius 3 is 2.66 bits per heavy atom. The highest BCUT2D eigenvalue weighted by Gasteiger charge is 2.22. The van der Waals surface area contributed by atoms with Gasteiger partial charge in [-0.05, 0) is 38.2 Å². The highest BCUT2D eigenvalue weighted by atomic mass is 35.5. The van der Waals surface area contributed by atoms with E-state index in [1.807, 2.05) is 19.3 Å². The number of halogens is 1. The van der Waals surface area contributed by atoms with Crippen molar-refractivity contribution in [2.75, 3.05) is 17.7 Å². The Bertz CT molecular complexity index is 947. The highest BCUT2D eigenvalue weighted by molar-refractivity contribution is 5.98. The second-order valence-corrected chi connectivity index (χ2v) is 7.65. The summed E-state index contributed by atoms with van der Waals surface area (Å²) in [7, 11) is 1.86. The molecule has 1 aliphatic rings. The molecule has 0 bridgehead atoms. The number of fused-ring (bicyclic) bond motifs is 1. The number of anilines is 2. The van der Waals surface area contributed by atoms with Crippen LogP contribution in [-0.2, 0) is 6.42 Å². The fraction of sp³-hybridized carbons (Fsp3) is 0.476. The van der Waals surface area contributed by atoms with Gasteiger partial charge in [0.1, 0.15) is 17.8 Å². The van der Waals surface area contributed by atoms with E-state index in [0.717, 1.165) is 72.3 Å². The number of aryl methyl sites for hydroxylation is 1. The third-order valence-corrected chi connectivity index (χ3v) is 5.55. The van der Waals surface area contributed by atoms with Gasteiger partial charge < -0.3 is 21.4 Å². The lowest BCUT2D eigenvalue weighted by Gasteiger charge is -2.28. The van der Waals surface area contributed by atoms with Crippen molar-refractivity contribution in [2.24, 2.45) is 5.73 Å². The van der Waals surface area contributed by atoms with Gasteiger partial charge in [0.15, 0.2) is 0 Å². The lowest BCUT2D eigenvalue weighted by atomic mass is 9.91. The van der Waals surface area contributed by atoms with E-state index < -0.39 is 0 Å². The van der Waals surface area contributed by atoms with Gasteiger partial charge in [-0.1, -0.05) is 13.3 Å². The van der Waals surface area contributed by atoms with E-state index in [2.05, 4.69) is 43.6 Å². The van der Waals surface area contributed by atoms with Crippen molar-refractivity contribution >= 4 is 34.9 Å². The molecular weight excluding hydrogens is 386 g/mol. The number of nitrogens with zero attached hydrogens (tertiary/aromatic N) is 3. The van der Waals surface area contributed by atoms with Crippen LogP contribution >= 0.6 is 12.4 Å². The Hall–Kier alpha value is -2.38. The molecular formula is C21H30ClN7. The van der Waals surface area contributed by atoms with Gasteiger partial charge in [0.2, 0.25) is 0 Å². The molecule has 1 saturated carbocycles. The molecule has 0 aromatic carbocycles. The van der Waals surface area contributed by atoms with Crippen molar-refractivity contribution in [1.82, 2.24) is 19.9 Å². The molecule has 4 rings (SSSR count). The zero-order valence-corrected chi connectivity index (χ0v) is 17.9. The first-order valence-corrected chi connectivity index (χ1v) is 10.2. The lowest BCUT2D eigenvalue weighted by Crippen LogP contribution is -2.33. The summed E-state index contributed by atoms with van der Waals surface area (Å²) in [5.74, 6) is 0.792. The van der Waals surface area contributed by atoms with Crippen LogP contribution < -0.4 is 16.4 Å². The molecule has 3 aromatic rings. The maximum absolute atomic E-state index is 6.10. The maximum Gasteiger partial charge on any atom is 0.139 e. The smallest absolute Gasteiger partial charge is 0.139 e. The van der Waals surface area contributed by atoms with Crippen LogP contribution in [0.15, 0.2) is 24.7 Å². The van der Waals surface area contributed by atoms with Gasteiger partial charge in [-0.2, -0.15) is 0 Å². The fourth-order valence-corrected chi connectivity index (χ4v) is 3.99. The minimum absolute atomic E-state index is 0. The normalized spacial score (nSPS) is 19.0. The van der Waals surface area contributed by atoms with Crippen molar-refractivity contribution in [1.29, 1.82) is 0 Å². The summed E-state index contributed by atoms with van der Waals surface area (Å²) >= 11 is 0. The number of hydrogen-bond acceptors (Lipinski definition) is 6. The van der Waals surface area contributed by atoms with Crippen molar-refractivity contribution in [2.45, 2.75) is 57.5 Å². The standard InChI is InChI=1S/C21H29N7.ClH/c1-3-4-15-9-16-20(27-14-7-5-13(22)6-8-14)17(11-24-21(16)28-15)18-10-19(23-2)26-12-25-18;/h9-14H,3-8,22H2,1-2H3,(H,23,25,26)(H2,24,27,28);1H. The Morgan fingerprint density at radius 1 is 1.14 bits per heavy atom. The first-order chi connectivity index (χ1) is 13.7. The molecule has 0 amide bonds. The van der Waals surface area contributed by atoms with Crippen molar-refractivity contribution in [3.05, 3.63) is 30.4 Å². The third-order valence-electron chi connectivity index (χ3n) is 5.55. The SMILES string of the molecule is CCCc1cc2c(NC3CCC(N)CC3)c(-c3cc(NC)ncn3)cnc2[nH]1.Cl. The average molecular weight is 416 g/mol. The molecule has 0 unspecified atom stereocenters. The van der Waals surface area contributed by atoms with Crippen LogP contribution in [0.4, 0.5) is 11.5 Å². The van der Waals surface area contributed by atoms with Gasteiger partial charge in [0.25, 0.3) is 0 Å². The number of nitrogens with two attached hydrogens (primary N) is 1. The fourth-order valence-electron chi connectivity index (χ4n) is 3.99. The second-order valence-electron chi connectivity index (χ2n) is 7.65. The van der Waals surface area contributed by atoms with Crippen LogP contribution in [0.3, 0.4) is 0 Å². The highest BCUT2D eigenvalue weighted by Crippen LogP contribution is 2.35. The molecule has 0 spiro atoms. The maximum atomic E-state index is 6.10. The summed E-state index contributed by atoms with van der Waals surface area (Å²) < 4.78 is 0. The van der Waals surface area contributed by atoms with Gasteiger partial charge in [-0.3, -0.25) is 0 Å². The number of aromatic nitrogens is 4.